The average molecular weight is 318 g/mol. The molecule has 1 spiro atoms. The fourth-order valence-corrected chi connectivity index (χ4v) is 4.58. The third kappa shape index (κ3) is 1.83. The van der Waals surface area contributed by atoms with Crippen LogP contribution in [0, 0.1) is 29.1 Å². The van der Waals surface area contributed by atoms with Crippen molar-refractivity contribution in [3.8, 4) is 0 Å². The Bertz CT molecular complexity index is 678. The van der Waals surface area contributed by atoms with Gasteiger partial charge in [-0.25, -0.2) is 0 Å². The molecule has 0 radical (unpaired) electrons. The molecule has 3 aliphatic carbocycles. The first-order chi connectivity index (χ1) is 10.5. The monoisotopic (exact) mass is 317 g/mol. The number of anilines is 1. The number of carbonyl (C=O) groups excluding carboxylic acids is 1. The molecule has 3 aliphatic rings. The first kappa shape index (κ1) is 13.8. The molecular weight excluding hydrogens is 302 g/mol. The number of carbonyl (C=O) groups is 2. The number of amides is 1. The van der Waals surface area contributed by atoms with E-state index < -0.39 is 17.8 Å². The van der Waals surface area contributed by atoms with Crippen LogP contribution in [0.25, 0.3) is 0 Å². The highest BCUT2D eigenvalue weighted by atomic mass is 35.5. The maximum Gasteiger partial charge on any atom is 0.307 e. The predicted molar refractivity (Wildman–Crippen MR) is 82.5 cm³/mol. The van der Waals surface area contributed by atoms with Gasteiger partial charge in [0.1, 0.15) is 0 Å². The van der Waals surface area contributed by atoms with E-state index in [1.807, 2.05) is 6.08 Å². The number of hydrogen-bond donors (Lipinski definition) is 2. The summed E-state index contributed by atoms with van der Waals surface area (Å²) < 4.78 is 0. The van der Waals surface area contributed by atoms with Gasteiger partial charge in [0.25, 0.3) is 0 Å². The zero-order valence-electron chi connectivity index (χ0n) is 11.8. The number of halogens is 1. The van der Waals surface area contributed by atoms with Crippen LogP contribution >= 0.6 is 11.6 Å². The van der Waals surface area contributed by atoms with Gasteiger partial charge in [-0.3, -0.25) is 9.59 Å². The quantitative estimate of drug-likeness (QED) is 0.841. The smallest absolute Gasteiger partial charge is 0.307 e. The Labute approximate surface area is 133 Å². The standard InChI is InChI=1S/C17H16ClNO3/c18-9-1-3-10(4-2-9)19-15(20)13-11-5-6-12(14(13)16(21)22)17(11)7-8-17/h1-6,11-14H,7-8H2,(H,19,20)(H,21,22)/t11-,12-,13-,14+/m1/s1. The van der Waals surface area contributed by atoms with Crippen molar-refractivity contribution in [1.82, 2.24) is 0 Å². The minimum absolute atomic E-state index is 0.0102. The SMILES string of the molecule is O=C(O)[C@@H]1[C@H](C(=O)Nc2ccc(Cl)cc2)[C@H]2C=C[C@H]1C21CC1. The number of nitrogens with one attached hydrogen (secondary N) is 1. The van der Waals surface area contributed by atoms with Crippen LogP contribution in [0.15, 0.2) is 36.4 Å². The summed E-state index contributed by atoms with van der Waals surface area (Å²) in [6.07, 6.45) is 6.14. The van der Waals surface area contributed by atoms with E-state index in [-0.39, 0.29) is 23.2 Å². The fraction of sp³-hybridized carbons (Fsp3) is 0.412. The molecule has 2 bridgehead atoms. The molecule has 0 aromatic heterocycles. The molecule has 1 amide bonds. The lowest BCUT2D eigenvalue weighted by Gasteiger charge is -2.23. The summed E-state index contributed by atoms with van der Waals surface area (Å²) in [4.78, 5) is 24.4. The molecule has 22 heavy (non-hydrogen) atoms. The van der Waals surface area contributed by atoms with Gasteiger partial charge >= 0.3 is 5.97 Å². The second kappa shape index (κ2) is 4.59. The molecule has 4 nitrogen and oxygen atoms in total. The molecule has 4 rings (SSSR count). The molecule has 2 fully saturated rings. The van der Waals surface area contributed by atoms with Crippen molar-refractivity contribution < 1.29 is 14.7 Å². The summed E-state index contributed by atoms with van der Waals surface area (Å²) in [7, 11) is 0. The fourth-order valence-electron chi connectivity index (χ4n) is 4.45. The number of rotatable bonds is 3. The van der Waals surface area contributed by atoms with Crippen LogP contribution in [-0.2, 0) is 9.59 Å². The summed E-state index contributed by atoms with van der Waals surface area (Å²) in [5, 5.41) is 13.0. The number of allylic oxidation sites excluding steroid dienone is 2. The Morgan fingerprint density at radius 2 is 1.68 bits per heavy atom. The van der Waals surface area contributed by atoms with E-state index in [0.717, 1.165) is 12.8 Å². The van der Waals surface area contributed by atoms with Gasteiger partial charge in [-0.05, 0) is 54.4 Å². The second-order valence-electron chi connectivity index (χ2n) is 6.56. The van der Waals surface area contributed by atoms with E-state index in [1.54, 1.807) is 24.3 Å². The van der Waals surface area contributed by atoms with Crippen LogP contribution in [0.1, 0.15) is 12.8 Å². The zero-order chi connectivity index (χ0) is 15.5. The highest BCUT2D eigenvalue weighted by Gasteiger charge is 2.70. The Balaban J connectivity index is 1.60. The van der Waals surface area contributed by atoms with E-state index >= 15 is 0 Å². The number of carboxylic acid groups (broad SMARTS) is 1. The lowest BCUT2D eigenvalue weighted by atomic mass is 9.82. The molecule has 2 saturated carbocycles. The van der Waals surface area contributed by atoms with Crippen LogP contribution in [-0.4, -0.2) is 17.0 Å². The van der Waals surface area contributed by atoms with Crippen molar-refractivity contribution in [3.05, 3.63) is 41.4 Å². The largest absolute Gasteiger partial charge is 0.481 e. The van der Waals surface area contributed by atoms with E-state index in [1.165, 1.54) is 0 Å². The third-order valence-electron chi connectivity index (χ3n) is 5.54. The lowest BCUT2D eigenvalue weighted by molar-refractivity contribution is -0.146. The van der Waals surface area contributed by atoms with Crippen LogP contribution in [0.3, 0.4) is 0 Å². The molecule has 0 unspecified atom stereocenters. The highest BCUT2D eigenvalue weighted by Crippen LogP contribution is 2.72. The van der Waals surface area contributed by atoms with E-state index in [2.05, 4.69) is 11.4 Å². The first-order valence-corrected chi connectivity index (χ1v) is 7.88. The number of hydrogen-bond acceptors (Lipinski definition) is 2. The van der Waals surface area contributed by atoms with Crippen molar-refractivity contribution in [2.24, 2.45) is 29.1 Å². The van der Waals surface area contributed by atoms with E-state index in [4.69, 9.17) is 11.6 Å². The molecule has 114 valence electrons. The topological polar surface area (TPSA) is 66.4 Å². The third-order valence-corrected chi connectivity index (χ3v) is 5.79. The van der Waals surface area contributed by atoms with Gasteiger partial charge in [-0.15, -0.1) is 0 Å². The lowest BCUT2D eigenvalue weighted by Crippen LogP contribution is -2.36. The molecule has 0 saturated heterocycles. The molecule has 1 aromatic rings. The Hall–Kier alpha value is -1.81. The molecule has 1 aromatic carbocycles. The van der Waals surface area contributed by atoms with Gasteiger partial charge in [0.15, 0.2) is 0 Å². The summed E-state index contributed by atoms with van der Waals surface area (Å²) in [5.41, 5.74) is 0.695. The Morgan fingerprint density at radius 3 is 2.23 bits per heavy atom. The minimum atomic E-state index is -0.862. The van der Waals surface area contributed by atoms with Crippen LogP contribution in [0.2, 0.25) is 5.02 Å². The minimum Gasteiger partial charge on any atom is -0.481 e. The summed E-state index contributed by atoms with van der Waals surface area (Å²) in [6.45, 7) is 0. The molecule has 2 N–H and O–H groups in total. The molecule has 5 heteroatoms. The van der Waals surface area contributed by atoms with Gasteiger partial charge in [-0.1, -0.05) is 23.8 Å². The Kier molecular flexibility index (Phi) is 2.89. The first-order valence-electron chi connectivity index (χ1n) is 7.50. The van der Waals surface area contributed by atoms with E-state index in [9.17, 15) is 14.7 Å². The normalized spacial score (nSPS) is 33.1. The maximum atomic E-state index is 12.7. The van der Waals surface area contributed by atoms with Gasteiger partial charge in [0.05, 0.1) is 11.8 Å². The van der Waals surface area contributed by atoms with Crippen molar-refractivity contribution in [2.45, 2.75) is 12.8 Å². The van der Waals surface area contributed by atoms with Gasteiger partial charge in [0, 0.05) is 10.7 Å². The molecule has 4 atom stereocenters. The number of aliphatic carboxylic acids is 1. The average Bonchev–Trinajstić information content (AvgIpc) is 3.15. The second-order valence-corrected chi connectivity index (χ2v) is 6.99. The van der Waals surface area contributed by atoms with E-state index in [0.29, 0.717) is 10.7 Å². The van der Waals surface area contributed by atoms with Gasteiger partial charge in [-0.2, -0.15) is 0 Å². The summed E-state index contributed by atoms with van der Waals surface area (Å²) in [5.74, 6) is -2.07. The van der Waals surface area contributed by atoms with Crippen molar-refractivity contribution in [3.63, 3.8) is 0 Å². The van der Waals surface area contributed by atoms with Gasteiger partial charge in [0.2, 0.25) is 5.91 Å². The molecule has 0 heterocycles. The van der Waals surface area contributed by atoms with Crippen molar-refractivity contribution in [1.29, 1.82) is 0 Å². The highest BCUT2D eigenvalue weighted by molar-refractivity contribution is 6.30. The summed E-state index contributed by atoms with van der Waals surface area (Å²) in [6, 6.07) is 6.86. The summed E-state index contributed by atoms with van der Waals surface area (Å²) >= 11 is 5.84. The van der Waals surface area contributed by atoms with Crippen LogP contribution in [0.5, 0.6) is 0 Å². The van der Waals surface area contributed by atoms with Crippen molar-refractivity contribution >= 4 is 29.2 Å². The van der Waals surface area contributed by atoms with Gasteiger partial charge < -0.3 is 10.4 Å². The zero-order valence-corrected chi connectivity index (χ0v) is 12.6. The van der Waals surface area contributed by atoms with Crippen molar-refractivity contribution in [2.75, 3.05) is 5.32 Å². The maximum absolute atomic E-state index is 12.7. The predicted octanol–water partition coefficient (Wildman–Crippen LogP) is 3.19. The number of carboxylic acids is 1. The molecular formula is C17H16ClNO3. The van der Waals surface area contributed by atoms with Crippen LogP contribution < -0.4 is 5.32 Å². The number of benzene rings is 1. The molecule has 0 aliphatic heterocycles. The van der Waals surface area contributed by atoms with Crippen LogP contribution in [0.4, 0.5) is 5.69 Å². The Morgan fingerprint density at radius 1 is 1.09 bits per heavy atom.